The zero-order chi connectivity index (χ0) is 13.8. The molecular weight excluding hydrogens is 252 g/mol. The van der Waals surface area contributed by atoms with E-state index in [9.17, 15) is 5.26 Å². The van der Waals surface area contributed by atoms with Gasteiger partial charge in [0, 0.05) is 10.9 Å². The largest absolute Gasteiger partial charge is 0.363 e. The molecule has 0 unspecified atom stereocenters. The third kappa shape index (κ3) is 3.15. The van der Waals surface area contributed by atoms with Gasteiger partial charge < -0.3 is 4.90 Å². The maximum atomic E-state index is 9.29. The van der Waals surface area contributed by atoms with Gasteiger partial charge in [0.2, 0.25) is 0 Å². The highest BCUT2D eigenvalue weighted by molar-refractivity contribution is 7.09. The minimum absolute atomic E-state index is 0.357. The van der Waals surface area contributed by atoms with Crippen molar-refractivity contribution in [3.05, 3.63) is 51.7 Å². The molecule has 0 bridgehead atoms. The number of rotatable bonds is 4. The van der Waals surface area contributed by atoms with Crippen molar-refractivity contribution in [1.29, 1.82) is 5.26 Å². The molecule has 0 aliphatic rings. The van der Waals surface area contributed by atoms with Gasteiger partial charge in [0.25, 0.3) is 0 Å². The topological polar surface area (TPSA) is 27.0 Å². The number of hydrogen-bond acceptors (Lipinski definition) is 3. The molecule has 0 aliphatic carbocycles. The van der Waals surface area contributed by atoms with Crippen molar-refractivity contribution < 1.29 is 0 Å². The number of hydrogen-bond donors (Lipinski definition) is 0. The van der Waals surface area contributed by atoms with E-state index in [0.29, 0.717) is 6.04 Å². The van der Waals surface area contributed by atoms with E-state index in [1.807, 2.05) is 12.1 Å². The van der Waals surface area contributed by atoms with Crippen molar-refractivity contribution in [3.63, 3.8) is 0 Å². The van der Waals surface area contributed by atoms with E-state index in [2.05, 4.69) is 55.3 Å². The second-order valence-electron chi connectivity index (χ2n) is 4.93. The van der Waals surface area contributed by atoms with Gasteiger partial charge in [-0.25, -0.2) is 0 Å². The summed E-state index contributed by atoms with van der Waals surface area (Å²) in [4.78, 5) is 3.61. The zero-order valence-corrected chi connectivity index (χ0v) is 12.4. The van der Waals surface area contributed by atoms with Crippen molar-refractivity contribution in [2.24, 2.45) is 0 Å². The van der Waals surface area contributed by atoms with Gasteiger partial charge in [-0.15, -0.1) is 11.3 Å². The standard InChI is InChI=1S/C16H18N2S/c1-12(2)18(11-15-5-4-8-19-15)16-9-13(3)6-7-14(16)10-17/h4-9,12H,11H2,1-3H3. The third-order valence-corrected chi connectivity index (χ3v) is 3.97. The fourth-order valence-corrected chi connectivity index (χ4v) is 2.79. The number of nitrogens with zero attached hydrogens (tertiary/aromatic N) is 2. The molecule has 0 amide bonds. The van der Waals surface area contributed by atoms with Crippen molar-refractivity contribution in [1.82, 2.24) is 0 Å². The van der Waals surface area contributed by atoms with Crippen LogP contribution in [-0.2, 0) is 6.54 Å². The van der Waals surface area contributed by atoms with Crippen molar-refractivity contribution in [2.75, 3.05) is 4.90 Å². The van der Waals surface area contributed by atoms with Crippen LogP contribution in [0.2, 0.25) is 0 Å². The molecule has 19 heavy (non-hydrogen) atoms. The van der Waals surface area contributed by atoms with Crippen LogP contribution in [-0.4, -0.2) is 6.04 Å². The van der Waals surface area contributed by atoms with Crippen LogP contribution in [0, 0.1) is 18.3 Å². The van der Waals surface area contributed by atoms with Gasteiger partial charge in [-0.3, -0.25) is 0 Å². The average Bonchev–Trinajstić information content (AvgIpc) is 2.88. The summed E-state index contributed by atoms with van der Waals surface area (Å²) < 4.78 is 0. The maximum Gasteiger partial charge on any atom is 0.101 e. The summed E-state index contributed by atoms with van der Waals surface area (Å²) in [5.74, 6) is 0. The van der Waals surface area contributed by atoms with E-state index in [1.165, 1.54) is 10.4 Å². The fourth-order valence-electron chi connectivity index (χ4n) is 2.09. The van der Waals surface area contributed by atoms with Crippen LogP contribution < -0.4 is 4.90 Å². The van der Waals surface area contributed by atoms with E-state index in [0.717, 1.165) is 17.8 Å². The first-order valence-electron chi connectivity index (χ1n) is 6.41. The van der Waals surface area contributed by atoms with Crippen molar-refractivity contribution in [2.45, 2.75) is 33.4 Å². The molecule has 0 spiro atoms. The Morgan fingerprint density at radius 3 is 2.68 bits per heavy atom. The van der Waals surface area contributed by atoms with E-state index >= 15 is 0 Å². The van der Waals surface area contributed by atoms with Crippen LogP contribution in [0.1, 0.15) is 29.9 Å². The molecule has 2 rings (SSSR count). The third-order valence-electron chi connectivity index (χ3n) is 3.11. The van der Waals surface area contributed by atoms with Gasteiger partial charge in [0.1, 0.15) is 6.07 Å². The Labute approximate surface area is 118 Å². The zero-order valence-electron chi connectivity index (χ0n) is 11.6. The summed E-state index contributed by atoms with van der Waals surface area (Å²) in [5, 5.41) is 11.4. The lowest BCUT2D eigenvalue weighted by atomic mass is 10.1. The van der Waals surface area contributed by atoms with Gasteiger partial charge in [-0.1, -0.05) is 12.1 Å². The van der Waals surface area contributed by atoms with Crippen LogP contribution >= 0.6 is 11.3 Å². The lowest BCUT2D eigenvalue weighted by Crippen LogP contribution is -2.30. The Hall–Kier alpha value is -1.79. The molecule has 0 fully saturated rings. The lowest BCUT2D eigenvalue weighted by Gasteiger charge is -2.29. The van der Waals surface area contributed by atoms with Gasteiger partial charge in [0.05, 0.1) is 17.8 Å². The Kier molecular flexibility index (Phi) is 4.24. The molecule has 2 nitrogen and oxygen atoms in total. The molecule has 1 heterocycles. The van der Waals surface area contributed by atoms with Gasteiger partial charge >= 0.3 is 0 Å². The number of benzene rings is 1. The molecule has 0 atom stereocenters. The van der Waals surface area contributed by atoms with E-state index < -0.39 is 0 Å². The molecular formula is C16H18N2S. The summed E-state index contributed by atoms with van der Waals surface area (Å²) in [5.41, 5.74) is 2.97. The fraction of sp³-hybridized carbons (Fsp3) is 0.312. The number of anilines is 1. The monoisotopic (exact) mass is 270 g/mol. The SMILES string of the molecule is Cc1ccc(C#N)c(N(Cc2cccs2)C(C)C)c1. The summed E-state index contributed by atoms with van der Waals surface area (Å²) >= 11 is 1.76. The Morgan fingerprint density at radius 2 is 2.11 bits per heavy atom. The first kappa shape index (κ1) is 13.6. The average molecular weight is 270 g/mol. The molecule has 2 aromatic rings. The summed E-state index contributed by atoms with van der Waals surface area (Å²) in [6.07, 6.45) is 0. The molecule has 0 aliphatic heterocycles. The maximum absolute atomic E-state index is 9.29. The van der Waals surface area contributed by atoms with Gasteiger partial charge in [-0.2, -0.15) is 5.26 Å². The first-order valence-corrected chi connectivity index (χ1v) is 7.29. The second-order valence-corrected chi connectivity index (χ2v) is 5.97. The van der Waals surface area contributed by atoms with Crippen LogP contribution in [0.25, 0.3) is 0 Å². The Morgan fingerprint density at radius 1 is 1.32 bits per heavy atom. The molecule has 3 heteroatoms. The summed E-state index contributed by atoms with van der Waals surface area (Å²) in [6, 6.07) is 12.9. The van der Waals surface area contributed by atoms with Crippen LogP contribution in [0.15, 0.2) is 35.7 Å². The molecule has 98 valence electrons. The molecule has 0 N–H and O–H groups in total. The first-order chi connectivity index (χ1) is 9.11. The Balaban J connectivity index is 2.39. The highest BCUT2D eigenvalue weighted by atomic mass is 32.1. The molecule has 0 saturated heterocycles. The molecule has 1 aromatic heterocycles. The highest BCUT2D eigenvalue weighted by Crippen LogP contribution is 2.26. The minimum Gasteiger partial charge on any atom is -0.363 e. The number of nitriles is 1. The van der Waals surface area contributed by atoms with E-state index in [4.69, 9.17) is 0 Å². The minimum atomic E-state index is 0.357. The number of aryl methyl sites for hydroxylation is 1. The Bertz CT molecular complexity index is 579. The van der Waals surface area contributed by atoms with E-state index in [-0.39, 0.29) is 0 Å². The van der Waals surface area contributed by atoms with Crippen LogP contribution in [0.3, 0.4) is 0 Å². The molecule has 1 aromatic carbocycles. The highest BCUT2D eigenvalue weighted by Gasteiger charge is 2.15. The van der Waals surface area contributed by atoms with Crippen molar-refractivity contribution in [3.8, 4) is 6.07 Å². The van der Waals surface area contributed by atoms with Crippen LogP contribution in [0.4, 0.5) is 5.69 Å². The summed E-state index contributed by atoms with van der Waals surface area (Å²) in [6.45, 7) is 7.25. The van der Waals surface area contributed by atoms with Gasteiger partial charge in [-0.05, 0) is 49.9 Å². The molecule has 0 radical (unpaired) electrons. The quantitative estimate of drug-likeness (QED) is 0.826. The predicted molar refractivity (Wildman–Crippen MR) is 81.5 cm³/mol. The smallest absolute Gasteiger partial charge is 0.101 e. The van der Waals surface area contributed by atoms with Gasteiger partial charge in [0.15, 0.2) is 0 Å². The molecule has 0 saturated carbocycles. The lowest BCUT2D eigenvalue weighted by molar-refractivity contribution is 0.686. The van der Waals surface area contributed by atoms with E-state index in [1.54, 1.807) is 11.3 Å². The van der Waals surface area contributed by atoms with Crippen LogP contribution in [0.5, 0.6) is 0 Å². The predicted octanol–water partition coefficient (Wildman–Crippen LogP) is 4.34. The normalized spacial score (nSPS) is 10.5. The summed E-state index contributed by atoms with van der Waals surface area (Å²) in [7, 11) is 0. The number of thiophene rings is 1. The van der Waals surface area contributed by atoms with Crippen molar-refractivity contribution >= 4 is 17.0 Å². The second kappa shape index (κ2) is 5.90.